The van der Waals surface area contributed by atoms with Gasteiger partial charge in [-0.1, -0.05) is 81.4 Å². The molecule has 0 spiro atoms. The van der Waals surface area contributed by atoms with Crippen LogP contribution in [-0.2, 0) is 40.1 Å². The first kappa shape index (κ1) is 40.2. The monoisotopic (exact) mass is 792 g/mol. The second kappa shape index (κ2) is 15.4. The predicted molar refractivity (Wildman–Crippen MR) is 217 cm³/mol. The Morgan fingerprint density at radius 3 is 2.18 bits per heavy atom. The van der Waals surface area contributed by atoms with Gasteiger partial charge >= 0.3 is 0 Å². The van der Waals surface area contributed by atoms with Gasteiger partial charge in [-0.25, -0.2) is 0 Å². The van der Waals surface area contributed by atoms with Crippen LogP contribution in [0.5, 0.6) is 17.4 Å². The third kappa shape index (κ3) is 6.91. The summed E-state index contributed by atoms with van der Waals surface area (Å²) in [5.41, 5.74) is 1.60. The molecular weight excluding hydrogens is 741 g/mol. The number of benzene rings is 3. The predicted octanol–water partition coefficient (Wildman–Crippen LogP) is 8.26. The molecule has 57 heavy (non-hydrogen) atoms. The Bertz CT molecular complexity index is 2210. The average Bonchev–Trinajstić information content (AvgIpc) is 3.60. The fraction of sp³-hybridized carbons (Fsp3) is 0.422. The second-order valence-electron chi connectivity index (χ2n) is 17.1. The van der Waals surface area contributed by atoms with Crippen molar-refractivity contribution < 1.29 is 42.6 Å². The number of aromatic nitrogens is 1. The summed E-state index contributed by atoms with van der Waals surface area (Å²) in [6, 6.07) is 20.4. The van der Waals surface area contributed by atoms with Crippen LogP contribution in [0, 0.1) is 11.8 Å². The van der Waals surface area contributed by atoms with Gasteiger partial charge < -0.3 is 33.1 Å². The lowest BCUT2D eigenvalue weighted by Crippen LogP contribution is -2.68. The second-order valence-corrected chi connectivity index (χ2v) is 21.8. The number of ether oxygens (including phenoxy) is 3. The highest BCUT2D eigenvalue weighted by molar-refractivity contribution is 6.74. The van der Waals surface area contributed by atoms with Crippen LogP contribution in [0.25, 0.3) is 5.76 Å². The van der Waals surface area contributed by atoms with E-state index < -0.39 is 48.4 Å². The summed E-state index contributed by atoms with van der Waals surface area (Å²) in [4.78, 5) is 45.0. The minimum Gasteiger partial charge on any atom is -0.507 e. The quantitative estimate of drug-likeness (QED) is 0.0796. The van der Waals surface area contributed by atoms with Gasteiger partial charge in [0.15, 0.2) is 19.7 Å². The number of nitrogens with zero attached hydrogens (tertiary/aromatic N) is 2. The van der Waals surface area contributed by atoms with Gasteiger partial charge in [0, 0.05) is 23.5 Å². The van der Waals surface area contributed by atoms with Crippen molar-refractivity contribution >= 4 is 31.9 Å². The van der Waals surface area contributed by atoms with E-state index in [1.165, 1.54) is 0 Å². The van der Waals surface area contributed by atoms with Crippen LogP contribution >= 0.6 is 0 Å². The van der Waals surface area contributed by atoms with Gasteiger partial charge in [-0.3, -0.25) is 14.5 Å². The van der Waals surface area contributed by atoms with E-state index in [-0.39, 0.29) is 42.4 Å². The standard InChI is InChI=1S/C45H52N2O9Si/c1-44(2,3)57(7,8)56-45-32(37(47(4)5)40-36(42(45)51)43(46-55-40)54-26-28-18-13-10-14-19-28)23-30-22-31-33(52-6)24-29(20-15-21-48)39(35(31)38(49)34(30)41(45)50)53-25-27-16-11-9-12-17-27/h9-14,16-19,21,24,30,32,37,49H,15,20,22-23,25-26H2,1-8H3/t30-,32-,37-,45-/m0/s1. The Morgan fingerprint density at radius 2 is 1.60 bits per heavy atom. The maximum Gasteiger partial charge on any atom is 0.265 e. The van der Waals surface area contributed by atoms with E-state index in [2.05, 4.69) is 25.9 Å². The molecule has 0 aliphatic heterocycles. The molecule has 0 saturated heterocycles. The third-order valence-corrected chi connectivity index (χ3v) is 16.7. The van der Waals surface area contributed by atoms with Gasteiger partial charge in [-0.2, -0.15) is 0 Å². The molecule has 1 aromatic heterocycles. The number of aldehydes is 1. The molecule has 4 atom stereocenters. The van der Waals surface area contributed by atoms with Crippen LogP contribution in [-0.4, -0.2) is 68.1 Å². The number of aliphatic hydroxyl groups excluding tert-OH is 1. The molecule has 1 saturated carbocycles. The molecule has 3 aliphatic rings. The first-order valence-electron chi connectivity index (χ1n) is 19.5. The lowest BCUT2D eigenvalue weighted by molar-refractivity contribution is -0.140. The van der Waals surface area contributed by atoms with E-state index in [0.29, 0.717) is 53.2 Å². The number of carbonyl (C=O) groups is 3. The van der Waals surface area contributed by atoms with E-state index in [0.717, 1.165) is 17.4 Å². The molecule has 1 heterocycles. The first-order valence-corrected chi connectivity index (χ1v) is 22.4. The summed E-state index contributed by atoms with van der Waals surface area (Å²) in [7, 11) is 2.41. The summed E-state index contributed by atoms with van der Waals surface area (Å²) in [6.45, 7) is 10.5. The van der Waals surface area contributed by atoms with Crippen molar-refractivity contribution in [3.05, 3.63) is 111 Å². The molecule has 11 nitrogen and oxygen atoms in total. The molecule has 0 bridgehead atoms. The Kier molecular flexibility index (Phi) is 10.8. The fourth-order valence-electron chi connectivity index (χ4n) is 8.51. The smallest absolute Gasteiger partial charge is 0.265 e. The number of aryl methyl sites for hydroxylation is 1. The zero-order valence-electron chi connectivity index (χ0n) is 34.0. The summed E-state index contributed by atoms with van der Waals surface area (Å²) in [6.07, 6.45) is 2.01. The van der Waals surface area contributed by atoms with Crippen LogP contribution in [0.15, 0.2) is 76.8 Å². The number of rotatable bonds is 13. The lowest BCUT2D eigenvalue weighted by Gasteiger charge is -2.55. The van der Waals surface area contributed by atoms with Crippen LogP contribution < -0.4 is 14.2 Å². The largest absolute Gasteiger partial charge is 0.507 e. The van der Waals surface area contributed by atoms with Gasteiger partial charge in [0.2, 0.25) is 11.6 Å². The summed E-state index contributed by atoms with van der Waals surface area (Å²) >= 11 is 0. The molecule has 4 aromatic rings. The van der Waals surface area contributed by atoms with Gasteiger partial charge in [-0.15, -0.1) is 0 Å². The zero-order chi connectivity index (χ0) is 40.9. The maximum atomic E-state index is 15.9. The Morgan fingerprint density at radius 1 is 0.965 bits per heavy atom. The van der Waals surface area contributed by atoms with E-state index >= 15 is 9.59 Å². The molecular formula is C45H52N2O9Si. The molecule has 3 aliphatic carbocycles. The van der Waals surface area contributed by atoms with Crippen LogP contribution in [0.2, 0.25) is 18.1 Å². The van der Waals surface area contributed by atoms with Gasteiger partial charge in [0.1, 0.15) is 42.3 Å². The van der Waals surface area contributed by atoms with E-state index in [4.69, 9.17) is 23.2 Å². The Hall–Kier alpha value is -5.04. The van der Waals surface area contributed by atoms with Crippen LogP contribution in [0.1, 0.15) is 83.6 Å². The number of ketones is 2. The molecule has 3 aromatic carbocycles. The summed E-state index contributed by atoms with van der Waals surface area (Å²) in [5, 5.41) is 16.5. The summed E-state index contributed by atoms with van der Waals surface area (Å²) in [5.74, 6) is -1.45. The molecule has 1 fully saturated rings. The minimum atomic E-state index is -2.93. The molecule has 0 unspecified atom stereocenters. The van der Waals surface area contributed by atoms with Crippen molar-refractivity contribution in [3.63, 3.8) is 0 Å². The van der Waals surface area contributed by atoms with E-state index in [1.807, 2.05) is 98.8 Å². The normalized spacial score (nSPS) is 21.7. The topological polar surface area (TPSA) is 138 Å². The average molecular weight is 793 g/mol. The van der Waals surface area contributed by atoms with Crippen molar-refractivity contribution in [2.75, 3.05) is 21.2 Å². The highest BCUT2D eigenvalue weighted by Gasteiger charge is 2.69. The number of hydrogen-bond donors (Lipinski definition) is 1. The van der Waals surface area contributed by atoms with Crippen molar-refractivity contribution in [1.29, 1.82) is 0 Å². The van der Waals surface area contributed by atoms with Gasteiger partial charge in [-0.05, 0) is 85.3 Å². The third-order valence-electron chi connectivity index (χ3n) is 12.3. The highest BCUT2D eigenvalue weighted by atomic mass is 28.4. The van der Waals surface area contributed by atoms with Crippen molar-refractivity contribution in [1.82, 2.24) is 10.1 Å². The molecule has 7 rings (SSSR count). The maximum absolute atomic E-state index is 15.9. The van der Waals surface area contributed by atoms with Crippen molar-refractivity contribution in [2.24, 2.45) is 11.8 Å². The highest BCUT2D eigenvalue weighted by Crippen LogP contribution is 2.59. The van der Waals surface area contributed by atoms with Crippen LogP contribution in [0.4, 0.5) is 0 Å². The Balaban J connectivity index is 1.44. The number of aliphatic hydroxyl groups is 1. The lowest BCUT2D eigenvalue weighted by atomic mass is 9.57. The number of fused-ring (bicyclic) bond motifs is 4. The molecule has 300 valence electrons. The van der Waals surface area contributed by atoms with Crippen LogP contribution in [0.3, 0.4) is 0 Å². The van der Waals surface area contributed by atoms with Crippen molar-refractivity contribution in [2.45, 2.75) is 89.4 Å². The SMILES string of the molecule is COc1cc(CCC=O)c(OCc2ccccc2)c2c1C[C@H]1C[C@H]3[C@H](N(C)C)c4onc(OCc5ccccc5)c4C(=O)[C@@]3(O[Si](C)(C)C(C)(C)C)C(=O)C1=C2O. The Labute approximate surface area is 335 Å². The number of methoxy groups -OCH3 is 1. The van der Waals surface area contributed by atoms with Gasteiger partial charge in [0.05, 0.1) is 18.7 Å². The number of Topliss-reactive ketones (excluding diaryl/α,β-unsaturated/α-hetero) is 2. The molecule has 12 heteroatoms. The zero-order valence-corrected chi connectivity index (χ0v) is 35.0. The van der Waals surface area contributed by atoms with E-state index in [1.54, 1.807) is 7.11 Å². The summed E-state index contributed by atoms with van der Waals surface area (Å²) < 4.78 is 31.9. The number of carbonyl (C=O) groups excluding carboxylic acids is 3. The molecule has 1 N–H and O–H groups in total. The molecule has 0 radical (unpaired) electrons. The number of hydrogen-bond acceptors (Lipinski definition) is 11. The minimum absolute atomic E-state index is 0.00868. The first-order chi connectivity index (χ1) is 27.1. The van der Waals surface area contributed by atoms with Gasteiger partial charge in [0.25, 0.3) is 5.88 Å². The fourth-order valence-corrected chi connectivity index (χ4v) is 9.95. The van der Waals surface area contributed by atoms with Crippen molar-refractivity contribution in [3.8, 4) is 17.4 Å². The van der Waals surface area contributed by atoms with E-state index in [9.17, 15) is 9.90 Å². The molecule has 0 amide bonds.